The fourth-order valence-electron chi connectivity index (χ4n) is 0.704. The zero-order valence-corrected chi connectivity index (χ0v) is 5.59. The molecule has 1 heterocycles. The van der Waals surface area contributed by atoms with Crippen LogP contribution in [-0.2, 0) is 6.42 Å². The zero-order valence-electron chi connectivity index (χ0n) is 5.59. The smallest absolute Gasteiger partial charge is 0.0824 e. The highest BCUT2D eigenvalue weighted by Crippen LogP contribution is 1.96. The Labute approximate surface area is 56.0 Å². The van der Waals surface area contributed by atoms with E-state index in [2.05, 4.69) is 22.3 Å². The Morgan fingerprint density at radius 1 is 1.78 bits per heavy atom. The lowest BCUT2D eigenvalue weighted by atomic mass is 10.2. The molecule has 1 rings (SSSR count). The van der Waals surface area contributed by atoms with Gasteiger partial charge in [-0.15, -0.1) is 0 Å². The molecule has 52 valence electrons. The number of H-pyrrole nitrogens is 1. The molecule has 0 aliphatic carbocycles. The van der Waals surface area contributed by atoms with Crippen molar-refractivity contribution in [3.05, 3.63) is 11.9 Å². The van der Waals surface area contributed by atoms with Crippen molar-refractivity contribution in [3.8, 4) is 0 Å². The molecule has 3 heteroatoms. The van der Waals surface area contributed by atoms with Crippen molar-refractivity contribution in [1.82, 2.24) is 15.4 Å². The first-order chi connectivity index (χ1) is 4.43. The molecule has 0 unspecified atom stereocenters. The van der Waals surface area contributed by atoms with Gasteiger partial charge in [-0.3, -0.25) is 0 Å². The van der Waals surface area contributed by atoms with Crippen molar-refractivity contribution in [1.29, 1.82) is 0 Å². The second-order valence-electron chi connectivity index (χ2n) is 2.06. The van der Waals surface area contributed by atoms with Gasteiger partial charge < -0.3 is 0 Å². The molecule has 0 atom stereocenters. The van der Waals surface area contributed by atoms with Crippen molar-refractivity contribution < 1.29 is 1.43 Å². The Morgan fingerprint density at radius 3 is 3.22 bits per heavy atom. The van der Waals surface area contributed by atoms with Crippen LogP contribution in [0.15, 0.2) is 6.20 Å². The number of aromatic amines is 1. The van der Waals surface area contributed by atoms with Gasteiger partial charge in [0.05, 0.1) is 11.9 Å². The molecule has 0 saturated carbocycles. The van der Waals surface area contributed by atoms with Crippen molar-refractivity contribution in [2.24, 2.45) is 0 Å². The highest BCUT2D eigenvalue weighted by atomic mass is 15.3. The van der Waals surface area contributed by atoms with Crippen molar-refractivity contribution in [3.63, 3.8) is 0 Å². The molecule has 1 aromatic heterocycles. The Hall–Kier alpha value is -0.860. The third kappa shape index (κ3) is 1.83. The predicted octanol–water partition coefficient (Wildman–Crippen LogP) is 1.39. The van der Waals surface area contributed by atoms with E-state index in [4.69, 9.17) is 0 Å². The average Bonchev–Trinajstić information content (AvgIpc) is 2.34. The van der Waals surface area contributed by atoms with E-state index in [-0.39, 0.29) is 1.43 Å². The first-order valence-electron chi connectivity index (χ1n) is 3.28. The molecule has 9 heavy (non-hydrogen) atoms. The summed E-state index contributed by atoms with van der Waals surface area (Å²) in [7, 11) is 0. The van der Waals surface area contributed by atoms with E-state index in [1.165, 1.54) is 12.8 Å². The van der Waals surface area contributed by atoms with Crippen LogP contribution in [0, 0.1) is 0 Å². The summed E-state index contributed by atoms with van der Waals surface area (Å²) in [4.78, 5) is 0. The molecule has 0 bridgehead atoms. The standard InChI is InChI=1S/C6H11N3.H2/c1-2-3-4-6-5-7-9-8-6;/h5H,2-4H2,1H3,(H,7,8,9);1H. The van der Waals surface area contributed by atoms with Gasteiger partial charge in [-0.25, -0.2) is 0 Å². The average molecular weight is 127 g/mol. The molecule has 0 aromatic carbocycles. The minimum absolute atomic E-state index is 0. The molecule has 1 N–H and O–H groups in total. The number of hydrogen-bond acceptors (Lipinski definition) is 2. The number of hydrogen-bond donors (Lipinski definition) is 1. The maximum Gasteiger partial charge on any atom is 0.0824 e. The molecule has 0 saturated heterocycles. The number of aromatic nitrogens is 3. The number of rotatable bonds is 3. The summed E-state index contributed by atoms with van der Waals surface area (Å²) in [5.41, 5.74) is 1.07. The number of nitrogens with zero attached hydrogens (tertiary/aromatic N) is 2. The monoisotopic (exact) mass is 127 g/mol. The summed E-state index contributed by atoms with van der Waals surface area (Å²) in [5.74, 6) is 0. The van der Waals surface area contributed by atoms with Crippen LogP contribution >= 0.6 is 0 Å². The third-order valence-electron chi connectivity index (χ3n) is 1.25. The van der Waals surface area contributed by atoms with Gasteiger partial charge in [0, 0.05) is 1.43 Å². The second kappa shape index (κ2) is 3.22. The van der Waals surface area contributed by atoms with Crippen LogP contribution in [-0.4, -0.2) is 15.4 Å². The van der Waals surface area contributed by atoms with Crippen LogP contribution in [0.3, 0.4) is 0 Å². The van der Waals surface area contributed by atoms with Gasteiger partial charge in [-0.1, -0.05) is 13.3 Å². The molecule has 0 aliphatic rings. The highest BCUT2D eigenvalue weighted by molar-refractivity contribution is 4.89. The van der Waals surface area contributed by atoms with E-state index in [0.717, 1.165) is 12.1 Å². The SMILES string of the molecule is CCCCc1cn[nH]n1.[HH]. The maximum absolute atomic E-state index is 3.92. The number of aryl methyl sites for hydroxylation is 1. The predicted molar refractivity (Wildman–Crippen MR) is 37.1 cm³/mol. The molecule has 0 amide bonds. The lowest BCUT2D eigenvalue weighted by Gasteiger charge is -1.88. The largest absolute Gasteiger partial charge is 0.198 e. The molecule has 3 nitrogen and oxygen atoms in total. The molecular formula is C6H13N3. The Balaban J connectivity index is 0.000000810. The van der Waals surface area contributed by atoms with Gasteiger partial charge in [0.2, 0.25) is 0 Å². The minimum Gasteiger partial charge on any atom is -0.198 e. The van der Waals surface area contributed by atoms with Gasteiger partial charge in [0.1, 0.15) is 0 Å². The summed E-state index contributed by atoms with van der Waals surface area (Å²) in [6.45, 7) is 2.17. The van der Waals surface area contributed by atoms with E-state index >= 15 is 0 Å². The lowest BCUT2D eigenvalue weighted by molar-refractivity contribution is 0.770. The van der Waals surface area contributed by atoms with Gasteiger partial charge >= 0.3 is 0 Å². The first-order valence-corrected chi connectivity index (χ1v) is 3.28. The van der Waals surface area contributed by atoms with Gasteiger partial charge in [-0.05, 0) is 12.8 Å². The van der Waals surface area contributed by atoms with E-state index < -0.39 is 0 Å². The Bertz CT molecular complexity index is 150. The molecule has 0 fully saturated rings. The van der Waals surface area contributed by atoms with Crippen LogP contribution in [0.2, 0.25) is 0 Å². The second-order valence-corrected chi connectivity index (χ2v) is 2.06. The summed E-state index contributed by atoms with van der Waals surface area (Å²) in [6, 6.07) is 0. The summed E-state index contributed by atoms with van der Waals surface area (Å²) in [6.07, 6.45) is 5.24. The van der Waals surface area contributed by atoms with Gasteiger partial charge in [-0.2, -0.15) is 15.4 Å². The fraction of sp³-hybridized carbons (Fsp3) is 0.667. The summed E-state index contributed by atoms with van der Waals surface area (Å²) >= 11 is 0. The highest BCUT2D eigenvalue weighted by Gasteiger charge is 1.91. The molecule has 0 radical (unpaired) electrons. The third-order valence-corrected chi connectivity index (χ3v) is 1.25. The zero-order chi connectivity index (χ0) is 6.53. The quantitative estimate of drug-likeness (QED) is 0.666. The molecule has 0 spiro atoms. The van der Waals surface area contributed by atoms with Crippen LogP contribution < -0.4 is 0 Å². The molecular weight excluding hydrogens is 114 g/mol. The van der Waals surface area contributed by atoms with Gasteiger partial charge in [0.25, 0.3) is 0 Å². The maximum atomic E-state index is 3.92. The summed E-state index contributed by atoms with van der Waals surface area (Å²) < 4.78 is 0. The topological polar surface area (TPSA) is 41.6 Å². The minimum atomic E-state index is 0. The van der Waals surface area contributed by atoms with Crippen molar-refractivity contribution in [2.45, 2.75) is 26.2 Å². The van der Waals surface area contributed by atoms with Crippen LogP contribution in [0.4, 0.5) is 0 Å². The van der Waals surface area contributed by atoms with Crippen molar-refractivity contribution in [2.75, 3.05) is 0 Å². The lowest BCUT2D eigenvalue weighted by Crippen LogP contribution is -1.83. The van der Waals surface area contributed by atoms with E-state index in [0.29, 0.717) is 0 Å². The van der Waals surface area contributed by atoms with Gasteiger partial charge in [0.15, 0.2) is 0 Å². The summed E-state index contributed by atoms with van der Waals surface area (Å²) in [5, 5.41) is 10.2. The van der Waals surface area contributed by atoms with Crippen LogP contribution in [0.25, 0.3) is 0 Å². The number of nitrogens with one attached hydrogen (secondary N) is 1. The molecule has 0 aliphatic heterocycles. The Kier molecular flexibility index (Phi) is 2.24. The normalized spacial score (nSPS) is 9.89. The number of unbranched alkanes of at least 4 members (excludes halogenated alkanes) is 1. The first kappa shape index (κ1) is 6.26. The van der Waals surface area contributed by atoms with Crippen LogP contribution in [0.1, 0.15) is 26.9 Å². The van der Waals surface area contributed by atoms with Crippen molar-refractivity contribution >= 4 is 0 Å². The van der Waals surface area contributed by atoms with Crippen LogP contribution in [0.5, 0.6) is 0 Å². The van der Waals surface area contributed by atoms with E-state index in [9.17, 15) is 0 Å². The fourth-order valence-corrected chi connectivity index (χ4v) is 0.704. The van der Waals surface area contributed by atoms with E-state index in [1.807, 2.05) is 0 Å². The Morgan fingerprint density at radius 2 is 2.67 bits per heavy atom. The van der Waals surface area contributed by atoms with E-state index in [1.54, 1.807) is 6.20 Å². The molecule has 1 aromatic rings.